The monoisotopic (exact) mass is 681 g/mol. The van der Waals surface area contributed by atoms with Crippen LogP contribution in [0.5, 0.6) is 0 Å². The first-order chi connectivity index (χ1) is 25.7. The average Bonchev–Trinajstić information content (AvgIpc) is 3.77. The Labute approximate surface area is 303 Å². The predicted octanol–water partition coefficient (Wildman–Crippen LogP) is 12.6. The van der Waals surface area contributed by atoms with Gasteiger partial charge in [0.05, 0.1) is 17.6 Å². The van der Waals surface area contributed by atoms with E-state index in [-0.39, 0.29) is 0 Å². The molecule has 0 aliphatic rings. The lowest BCUT2D eigenvalue weighted by Crippen LogP contribution is -2.06. The van der Waals surface area contributed by atoms with Crippen LogP contribution in [0.2, 0.25) is 0 Å². The van der Waals surface area contributed by atoms with Gasteiger partial charge in [-0.25, -0.2) is 9.83 Å². The molecule has 52 heavy (non-hydrogen) atoms. The highest BCUT2D eigenvalue weighted by molar-refractivity contribution is 7.26. The summed E-state index contributed by atoms with van der Waals surface area (Å²) in [6.07, 6.45) is 0. The molecule has 0 amide bonds. The molecule has 10 aromatic rings. The zero-order valence-corrected chi connectivity index (χ0v) is 28.5. The molecule has 0 saturated carbocycles. The molecule has 3 aromatic heterocycles. The van der Waals surface area contributed by atoms with Crippen LogP contribution in [0.25, 0.3) is 97.8 Å². The van der Waals surface area contributed by atoms with Gasteiger partial charge in [0.25, 0.3) is 0 Å². The van der Waals surface area contributed by atoms with Gasteiger partial charge >= 0.3 is 0 Å². The molecule has 10 rings (SSSR count). The van der Waals surface area contributed by atoms with E-state index in [0.29, 0.717) is 23.3 Å². The predicted molar refractivity (Wildman–Crippen MR) is 215 cm³/mol. The third kappa shape index (κ3) is 4.87. The molecule has 6 heteroatoms. The van der Waals surface area contributed by atoms with Crippen LogP contribution in [0.15, 0.2) is 164 Å². The number of nitrogens with zero attached hydrogens (tertiary/aromatic N) is 5. The highest BCUT2D eigenvalue weighted by Gasteiger charge is 2.18. The van der Waals surface area contributed by atoms with Crippen LogP contribution in [0, 0.1) is 6.57 Å². The number of thiophene rings is 1. The molecular formula is C46H27N5S. The van der Waals surface area contributed by atoms with Crippen LogP contribution in [0.4, 0.5) is 5.69 Å². The van der Waals surface area contributed by atoms with Gasteiger partial charge in [0.15, 0.2) is 17.3 Å². The van der Waals surface area contributed by atoms with Crippen molar-refractivity contribution in [1.29, 1.82) is 0 Å². The van der Waals surface area contributed by atoms with E-state index in [1.807, 2.05) is 42.5 Å². The van der Waals surface area contributed by atoms with Gasteiger partial charge in [-0.05, 0) is 58.0 Å². The van der Waals surface area contributed by atoms with E-state index in [1.165, 1.54) is 4.70 Å². The Morgan fingerprint density at radius 2 is 1.02 bits per heavy atom. The fraction of sp³-hybridized carbons (Fsp3) is 0. The van der Waals surface area contributed by atoms with Gasteiger partial charge in [0, 0.05) is 36.7 Å². The second-order valence-electron chi connectivity index (χ2n) is 12.7. The van der Waals surface area contributed by atoms with Crippen molar-refractivity contribution in [2.24, 2.45) is 0 Å². The van der Waals surface area contributed by atoms with E-state index in [2.05, 4.69) is 131 Å². The molecule has 0 atom stereocenters. The van der Waals surface area contributed by atoms with E-state index in [9.17, 15) is 0 Å². The topological polar surface area (TPSA) is 48.0 Å². The van der Waals surface area contributed by atoms with Crippen LogP contribution in [-0.4, -0.2) is 19.5 Å². The van der Waals surface area contributed by atoms with Crippen LogP contribution in [0.1, 0.15) is 0 Å². The summed E-state index contributed by atoms with van der Waals surface area (Å²) in [7, 11) is 0. The first kappa shape index (κ1) is 29.9. The lowest BCUT2D eigenvalue weighted by Gasteiger charge is -2.11. The molecule has 242 valence electrons. The van der Waals surface area contributed by atoms with Crippen LogP contribution < -0.4 is 0 Å². The van der Waals surface area contributed by atoms with Crippen molar-refractivity contribution in [3.63, 3.8) is 0 Å². The standard InChI is InChI=1S/C46H27N5S/c1-47-37-19-11-23-41-43(37)42-34(18-10-22-40(42)52-41)33-15-9-14-32(28-33)29-24-26-31(27-25-29)45-48-44(30-12-3-2-4-13-30)49-46(50-45)51-38-20-7-5-16-35(38)36-17-6-8-21-39(36)51/h2-28H. The smallest absolute Gasteiger partial charge is 0.238 e. The lowest BCUT2D eigenvalue weighted by atomic mass is 9.95. The Bertz CT molecular complexity index is 2970. The van der Waals surface area contributed by atoms with Gasteiger partial charge in [-0.1, -0.05) is 133 Å². The minimum absolute atomic E-state index is 0.578. The highest BCUT2D eigenvalue weighted by atomic mass is 32.1. The first-order valence-corrected chi connectivity index (χ1v) is 17.9. The molecule has 0 bridgehead atoms. The Hall–Kier alpha value is -6.94. The molecule has 0 N–H and O–H groups in total. The zero-order valence-electron chi connectivity index (χ0n) is 27.7. The summed E-state index contributed by atoms with van der Waals surface area (Å²) < 4.78 is 4.46. The molecule has 7 aromatic carbocycles. The van der Waals surface area contributed by atoms with Crippen molar-refractivity contribution in [1.82, 2.24) is 19.5 Å². The Morgan fingerprint density at radius 3 is 1.73 bits per heavy atom. The minimum atomic E-state index is 0.578. The zero-order chi connectivity index (χ0) is 34.6. The van der Waals surface area contributed by atoms with Crippen LogP contribution in [-0.2, 0) is 0 Å². The summed E-state index contributed by atoms with van der Waals surface area (Å²) >= 11 is 1.74. The number of aromatic nitrogens is 4. The highest BCUT2D eigenvalue weighted by Crippen LogP contribution is 2.44. The number of rotatable bonds is 5. The quantitative estimate of drug-likeness (QED) is 0.170. The molecule has 0 radical (unpaired) electrons. The Kier molecular flexibility index (Phi) is 6.98. The average molecular weight is 682 g/mol. The minimum Gasteiger partial charge on any atom is -0.278 e. The van der Waals surface area contributed by atoms with Crippen LogP contribution >= 0.6 is 11.3 Å². The second kappa shape index (κ2) is 12.1. The lowest BCUT2D eigenvalue weighted by molar-refractivity contribution is 0.953. The van der Waals surface area contributed by atoms with Gasteiger partial charge in [-0.15, -0.1) is 11.3 Å². The third-order valence-electron chi connectivity index (χ3n) is 9.71. The van der Waals surface area contributed by atoms with E-state index < -0.39 is 0 Å². The second-order valence-corrected chi connectivity index (χ2v) is 13.8. The maximum absolute atomic E-state index is 7.82. The summed E-state index contributed by atoms with van der Waals surface area (Å²) in [5, 5.41) is 4.49. The van der Waals surface area contributed by atoms with Crippen molar-refractivity contribution in [3.05, 3.63) is 175 Å². The number of benzene rings is 7. The fourth-order valence-corrected chi connectivity index (χ4v) is 8.46. The van der Waals surface area contributed by atoms with Gasteiger partial charge in [0.1, 0.15) is 0 Å². The molecule has 3 heterocycles. The maximum atomic E-state index is 7.82. The SMILES string of the molecule is [C-]#[N+]c1cccc2sc3cccc(-c4cccc(-c5ccc(-c6nc(-c7ccccc7)nc(-n7c8ccccc8c8ccccc87)n6)cc5)c4)c3c12. The van der Waals surface area contributed by atoms with Crippen molar-refractivity contribution in [3.8, 4) is 51.0 Å². The van der Waals surface area contributed by atoms with Crippen LogP contribution in [0.3, 0.4) is 0 Å². The molecule has 0 saturated heterocycles. The summed E-state index contributed by atoms with van der Waals surface area (Å²) in [5.41, 5.74) is 9.08. The van der Waals surface area contributed by atoms with E-state index in [1.54, 1.807) is 11.3 Å². The van der Waals surface area contributed by atoms with Gasteiger partial charge < -0.3 is 0 Å². The summed E-state index contributed by atoms with van der Waals surface area (Å²) in [5.74, 6) is 1.81. The summed E-state index contributed by atoms with van der Waals surface area (Å²) in [6.45, 7) is 7.82. The fourth-order valence-electron chi connectivity index (χ4n) is 7.31. The van der Waals surface area contributed by atoms with Crippen molar-refractivity contribution >= 4 is 59.0 Å². The third-order valence-corrected chi connectivity index (χ3v) is 10.8. The number of fused-ring (bicyclic) bond motifs is 6. The van der Waals surface area contributed by atoms with Crippen molar-refractivity contribution in [2.45, 2.75) is 0 Å². The van der Waals surface area contributed by atoms with Gasteiger partial charge in [0.2, 0.25) is 5.95 Å². The molecular weight excluding hydrogens is 655 g/mol. The van der Waals surface area contributed by atoms with Crippen molar-refractivity contribution in [2.75, 3.05) is 0 Å². The van der Waals surface area contributed by atoms with Gasteiger partial charge in [-0.3, -0.25) is 4.57 Å². The molecule has 0 fully saturated rings. The molecule has 5 nitrogen and oxygen atoms in total. The molecule has 0 aliphatic carbocycles. The summed E-state index contributed by atoms with van der Waals surface area (Å²) in [6, 6.07) is 56.4. The normalized spacial score (nSPS) is 11.4. The van der Waals surface area contributed by atoms with E-state index in [0.717, 1.165) is 70.7 Å². The largest absolute Gasteiger partial charge is 0.278 e. The van der Waals surface area contributed by atoms with E-state index >= 15 is 0 Å². The van der Waals surface area contributed by atoms with E-state index in [4.69, 9.17) is 21.5 Å². The Morgan fingerprint density at radius 1 is 0.462 bits per heavy atom. The van der Waals surface area contributed by atoms with Crippen molar-refractivity contribution < 1.29 is 0 Å². The first-order valence-electron chi connectivity index (χ1n) is 17.1. The molecule has 0 aliphatic heterocycles. The number of para-hydroxylation sites is 2. The number of hydrogen-bond acceptors (Lipinski definition) is 4. The van der Waals surface area contributed by atoms with Gasteiger partial charge in [-0.2, -0.15) is 9.97 Å². The maximum Gasteiger partial charge on any atom is 0.238 e. The Balaban J connectivity index is 1.08. The summed E-state index contributed by atoms with van der Waals surface area (Å²) in [4.78, 5) is 19.0. The molecule has 0 unspecified atom stereocenters. The molecule has 0 spiro atoms. The number of hydrogen-bond donors (Lipinski definition) is 0.